The van der Waals surface area contributed by atoms with Crippen LogP contribution < -0.4 is 4.74 Å². The number of hydrogen-bond acceptors (Lipinski definition) is 5. The minimum Gasteiger partial charge on any atom is -0.497 e. The van der Waals surface area contributed by atoms with Gasteiger partial charge < -0.3 is 9.64 Å². The molecule has 5 heteroatoms. The topological polar surface area (TPSA) is 56.6 Å². The highest BCUT2D eigenvalue weighted by molar-refractivity contribution is 6.29. The molecule has 3 aromatic rings. The molecule has 3 aromatic carbocycles. The van der Waals surface area contributed by atoms with Crippen LogP contribution in [0.2, 0.25) is 0 Å². The van der Waals surface area contributed by atoms with Gasteiger partial charge in [-0.05, 0) is 29.3 Å². The van der Waals surface area contributed by atoms with Crippen molar-refractivity contribution in [1.29, 1.82) is 5.26 Å². The van der Waals surface area contributed by atoms with E-state index in [0.29, 0.717) is 11.1 Å². The fourth-order valence-corrected chi connectivity index (χ4v) is 4.24. The lowest BCUT2D eigenvalue weighted by Crippen LogP contribution is -2.45. The fraction of sp³-hybridized carbons (Fsp3) is 0.200. The van der Waals surface area contributed by atoms with E-state index in [9.17, 15) is 10.1 Å². The van der Waals surface area contributed by atoms with Crippen LogP contribution in [0.25, 0.3) is 5.57 Å². The number of nitriles is 1. The second-order valence-electron chi connectivity index (χ2n) is 8.43. The quantitative estimate of drug-likeness (QED) is 0.199. The lowest BCUT2D eigenvalue weighted by Gasteiger charge is -2.36. The molecule has 0 amide bonds. The minimum atomic E-state index is -0.0812. The van der Waals surface area contributed by atoms with Crippen molar-refractivity contribution in [3.05, 3.63) is 119 Å². The SMILES string of the molecule is COc1ccc(/C(=C\C(=C/C#N)N2CCN(Cc3ccccc3)CC2)C(=O)c2ccccc2)cc1. The molecule has 35 heavy (non-hydrogen) atoms. The zero-order valence-electron chi connectivity index (χ0n) is 19.9. The maximum absolute atomic E-state index is 13.5. The minimum absolute atomic E-state index is 0.0812. The first-order chi connectivity index (χ1) is 17.2. The predicted octanol–water partition coefficient (Wildman–Crippen LogP) is 5.19. The molecule has 0 unspecified atom stereocenters. The normalized spacial score (nSPS) is 14.9. The maximum Gasteiger partial charge on any atom is 0.193 e. The predicted molar refractivity (Wildman–Crippen MR) is 139 cm³/mol. The highest BCUT2D eigenvalue weighted by Gasteiger charge is 2.21. The van der Waals surface area contributed by atoms with Crippen molar-refractivity contribution in [2.24, 2.45) is 0 Å². The number of ether oxygens (including phenoxy) is 1. The van der Waals surface area contributed by atoms with Crippen LogP contribution in [0.5, 0.6) is 5.75 Å². The van der Waals surface area contributed by atoms with E-state index in [0.717, 1.165) is 49.7 Å². The Morgan fingerprint density at radius 1 is 0.886 bits per heavy atom. The first kappa shape index (κ1) is 24.0. The number of nitrogens with zero attached hydrogens (tertiary/aromatic N) is 3. The van der Waals surface area contributed by atoms with Crippen LogP contribution in [-0.2, 0) is 6.54 Å². The Morgan fingerprint density at radius 2 is 1.51 bits per heavy atom. The van der Waals surface area contributed by atoms with Crippen molar-refractivity contribution in [3.63, 3.8) is 0 Å². The van der Waals surface area contributed by atoms with Crippen LogP contribution in [0.1, 0.15) is 21.5 Å². The summed E-state index contributed by atoms with van der Waals surface area (Å²) in [5, 5.41) is 9.53. The average molecular weight is 464 g/mol. The second kappa shape index (κ2) is 11.8. The van der Waals surface area contributed by atoms with Crippen molar-refractivity contribution in [2.45, 2.75) is 6.54 Å². The summed E-state index contributed by atoms with van der Waals surface area (Å²) in [6.07, 6.45) is 3.39. The van der Waals surface area contributed by atoms with Gasteiger partial charge in [0.15, 0.2) is 5.78 Å². The van der Waals surface area contributed by atoms with Crippen LogP contribution in [0.15, 0.2) is 103 Å². The summed E-state index contributed by atoms with van der Waals surface area (Å²) in [6, 6.07) is 29.3. The number of rotatable bonds is 8. The third kappa shape index (κ3) is 6.26. The number of hydrogen-bond donors (Lipinski definition) is 0. The molecule has 1 aliphatic rings. The van der Waals surface area contributed by atoms with Crippen molar-refractivity contribution in [1.82, 2.24) is 9.80 Å². The first-order valence-corrected chi connectivity index (χ1v) is 11.7. The summed E-state index contributed by atoms with van der Waals surface area (Å²) in [5.41, 5.74) is 3.99. The van der Waals surface area contributed by atoms with Gasteiger partial charge in [-0.3, -0.25) is 9.69 Å². The molecule has 0 bridgehead atoms. The summed E-state index contributed by atoms with van der Waals surface area (Å²) < 4.78 is 5.29. The van der Waals surface area contributed by atoms with Crippen LogP contribution >= 0.6 is 0 Å². The average Bonchev–Trinajstić information content (AvgIpc) is 2.92. The van der Waals surface area contributed by atoms with Gasteiger partial charge in [0.2, 0.25) is 0 Å². The number of benzene rings is 3. The van der Waals surface area contributed by atoms with E-state index >= 15 is 0 Å². The van der Waals surface area contributed by atoms with Gasteiger partial charge in [0.25, 0.3) is 0 Å². The molecule has 1 saturated heterocycles. The van der Waals surface area contributed by atoms with Crippen molar-refractivity contribution in [2.75, 3.05) is 33.3 Å². The summed E-state index contributed by atoms with van der Waals surface area (Å²) in [7, 11) is 1.62. The Morgan fingerprint density at radius 3 is 2.11 bits per heavy atom. The Labute approximate surface area is 207 Å². The number of ketones is 1. The number of carbonyl (C=O) groups excluding carboxylic acids is 1. The van der Waals surface area contributed by atoms with E-state index in [-0.39, 0.29) is 5.78 Å². The zero-order chi connectivity index (χ0) is 24.5. The largest absolute Gasteiger partial charge is 0.497 e. The number of carbonyl (C=O) groups is 1. The van der Waals surface area contributed by atoms with Gasteiger partial charge in [0.05, 0.1) is 13.2 Å². The smallest absolute Gasteiger partial charge is 0.193 e. The van der Waals surface area contributed by atoms with E-state index in [1.807, 2.05) is 66.7 Å². The lowest BCUT2D eigenvalue weighted by atomic mass is 9.95. The van der Waals surface area contributed by atoms with Crippen molar-refractivity contribution in [3.8, 4) is 11.8 Å². The monoisotopic (exact) mass is 463 g/mol. The summed E-state index contributed by atoms with van der Waals surface area (Å²) in [6.45, 7) is 4.25. The van der Waals surface area contributed by atoms with E-state index < -0.39 is 0 Å². The molecular weight excluding hydrogens is 434 g/mol. The molecular formula is C30H29N3O2. The number of piperazine rings is 1. The second-order valence-corrected chi connectivity index (χ2v) is 8.43. The highest BCUT2D eigenvalue weighted by atomic mass is 16.5. The molecule has 0 saturated carbocycles. The van der Waals surface area contributed by atoms with Gasteiger partial charge in [-0.25, -0.2) is 0 Å². The summed E-state index contributed by atoms with van der Waals surface area (Å²) >= 11 is 0. The molecule has 176 valence electrons. The number of Topliss-reactive ketones (excluding diaryl/α,β-unsaturated/α-hetero) is 1. The highest BCUT2D eigenvalue weighted by Crippen LogP contribution is 2.26. The standard InChI is InChI=1S/C30H29N3O2/c1-35-28-14-12-25(13-15-28)29(30(34)26-10-6-3-7-11-26)22-27(16-17-31)33-20-18-32(19-21-33)23-24-8-4-2-5-9-24/h2-16,22H,18-21,23H2,1H3/b27-16+,29-22+. The van der Waals surface area contributed by atoms with Gasteiger partial charge in [-0.1, -0.05) is 72.8 Å². The van der Waals surface area contributed by atoms with Crippen molar-refractivity contribution >= 4 is 11.4 Å². The molecule has 5 nitrogen and oxygen atoms in total. The van der Waals surface area contributed by atoms with Crippen LogP contribution in [0.3, 0.4) is 0 Å². The van der Waals surface area contributed by atoms with Gasteiger partial charge in [0, 0.05) is 55.6 Å². The van der Waals surface area contributed by atoms with E-state index in [1.165, 1.54) is 11.6 Å². The lowest BCUT2D eigenvalue weighted by molar-refractivity contribution is 0.105. The summed E-state index contributed by atoms with van der Waals surface area (Å²) in [5.74, 6) is 0.643. The molecule has 1 fully saturated rings. The molecule has 0 aromatic heterocycles. The van der Waals surface area contributed by atoms with E-state index in [2.05, 4.69) is 40.1 Å². The number of allylic oxidation sites excluding steroid dienone is 3. The Bertz CT molecular complexity index is 1220. The molecule has 1 aliphatic heterocycles. The fourth-order valence-electron chi connectivity index (χ4n) is 4.24. The zero-order valence-corrected chi connectivity index (χ0v) is 19.9. The Hall–Kier alpha value is -4.14. The summed E-state index contributed by atoms with van der Waals surface area (Å²) in [4.78, 5) is 18.1. The van der Waals surface area contributed by atoms with Crippen molar-refractivity contribution < 1.29 is 9.53 Å². The third-order valence-corrected chi connectivity index (χ3v) is 6.17. The van der Waals surface area contributed by atoms with Gasteiger partial charge in [-0.15, -0.1) is 0 Å². The van der Waals surface area contributed by atoms with Crippen LogP contribution in [0.4, 0.5) is 0 Å². The Balaban J connectivity index is 1.59. The van der Waals surface area contributed by atoms with Crippen LogP contribution in [0, 0.1) is 11.3 Å². The van der Waals surface area contributed by atoms with E-state index in [4.69, 9.17) is 4.74 Å². The molecule has 0 radical (unpaired) electrons. The molecule has 0 N–H and O–H groups in total. The van der Waals surface area contributed by atoms with Gasteiger partial charge >= 0.3 is 0 Å². The number of methoxy groups -OCH3 is 1. The third-order valence-electron chi connectivity index (χ3n) is 6.17. The van der Waals surface area contributed by atoms with Gasteiger partial charge in [0.1, 0.15) is 5.75 Å². The molecule has 0 aliphatic carbocycles. The van der Waals surface area contributed by atoms with E-state index in [1.54, 1.807) is 7.11 Å². The van der Waals surface area contributed by atoms with Gasteiger partial charge in [-0.2, -0.15) is 5.26 Å². The molecule has 1 heterocycles. The molecule has 0 atom stereocenters. The maximum atomic E-state index is 13.5. The first-order valence-electron chi connectivity index (χ1n) is 11.7. The van der Waals surface area contributed by atoms with Crippen LogP contribution in [-0.4, -0.2) is 48.9 Å². The molecule has 0 spiro atoms. The molecule has 4 rings (SSSR count). The Kier molecular flexibility index (Phi) is 8.11.